The highest BCUT2D eigenvalue weighted by Gasteiger charge is 2.17. The minimum atomic E-state index is -1.16. The van der Waals surface area contributed by atoms with E-state index in [1.807, 2.05) is 0 Å². The van der Waals surface area contributed by atoms with Crippen molar-refractivity contribution in [3.63, 3.8) is 0 Å². The van der Waals surface area contributed by atoms with Gasteiger partial charge in [0.05, 0.1) is 0 Å². The number of carbonyl (C=O) groups is 2. The summed E-state index contributed by atoms with van der Waals surface area (Å²) in [6.07, 6.45) is 0. The topological polar surface area (TPSA) is 81.4 Å². The van der Waals surface area contributed by atoms with E-state index < -0.39 is 14.0 Å². The van der Waals surface area contributed by atoms with Gasteiger partial charge in [0.1, 0.15) is 12.4 Å². The van der Waals surface area contributed by atoms with Crippen LogP contribution in [0.2, 0.25) is 25.7 Å². The molecule has 1 aromatic rings. The Morgan fingerprint density at radius 1 is 1.42 bits per heavy atom. The van der Waals surface area contributed by atoms with Gasteiger partial charge < -0.3 is 9.84 Å². The van der Waals surface area contributed by atoms with E-state index in [1.54, 1.807) is 0 Å². The van der Waals surface area contributed by atoms with Crippen molar-refractivity contribution in [2.45, 2.75) is 39.3 Å². The van der Waals surface area contributed by atoms with Crippen molar-refractivity contribution < 1.29 is 19.4 Å². The average Bonchev–Trinajstić information content (AvgIpc) is 2.67. The predicted molar refractivity (Wildman–Crippen MR) is 73.3 cm³/mol. The molecule has 7 heteroatoms. The molecule has 0 aliphatic rings. The number of hydrogen-bond acceptors (Lipinski definition) is 4. The van der Waals surface area contributed by atoms with E-state index in [1.165, 1.54) is 17.7 Å². The molecule has 1 heterocycles. The van der Waals surface area contributed by atoms with Crippen molar-refractivity contribution >= 4 is 19.8 Å². The smallest absolute Gasteiger partial charge is 0.356 e. The van der Waals surface area contributed by atoms with E-state index in [-0.39, 0.29) is 23.9 Å². The molecule has 106 valence electrons. The van der Waals surface area contributed by atoms with Crippen molar-refractivity contribution in [2.75, 3.05) is 6.61 Å². The molecule has 0 bridgehead atoms. The molecule has 0 spiro atoms. The zero-order valence-corrected chi connectivity index (χ0v) is 12.8. The molecule has 19 heavy (non-hydrogen) atoms. The van der Waals surface area contributed by atoms with Crippen molar-refractivity contribution in [3.05, 3.63) is 17.5 Å². The molecule has 1 rings (SSSR count). The van der Waals surface area contributed by atoms with Crippen molar-refractivity contribution in [3.8, 4) is 0 Å². The molecule has 1 N–H and O–H groups in total. The van der Waals surface area contributed by atoms with Crippen LogP contribution >= 0.6 is 0 Å². The summed E-state index contributed by atoms with van der Waals surface area (Å²) in [5.41, 5.74) is 0.115. The van der Waals surface area contributed by atoms with Crippen molar-refractivity contribution in [2.24, 2.45) is 0 Å². The number of carboxylic acids is 1. The second-order valence-corrected chi connectivity index (χ2v) is 11.2. The van der Waals surface area contributed by atoms with E-state index in [0.29, 0.717) is 6.61 Å². The second kappa shape index (κ2) is 6.11. The molecular formula is C12H20N2O4Si. The van der Waals surface area contributed by atoms with Gasteiger partial charge >= 0.3 is 5.97 Å². The van der Waals surface area contributed by atoms with Gasteiger partial charge in [0.15, 0.2) is 11.5 Å². The summed E-state index contributed by atoms with van der Waals surface area (Å²) in [6.45, 7) is 8.80. The van der Waals surface area contributed by atoms with Crippen LogP contribution in [-0.2, 0) is 11.5 Å². The zero-order chi connectivity index (χ0) is 14.6. The number of aromatic nitrogens is 2. The number of Topliss-reactive ketones (excluding diaryl/α,β-unsaturated/α-hetero) is 1. The third kappa shape index (κ3) is 4.96. The Balaban J connectivity index is 2.67. The number of ether oxygens (including phenoxy) is 1. The van der Waals surface area contributed by atoms with Gasteiger partial charge in [-0.15, -0.1) is 0 Å². The lowest BCUT2D eigenvalue weighted by Gasteiger charge is -2.15. The fourth-order valence-corrected chi connectivity index (χ4v) is 2.19. The zero-order valence-electron chi connectivity index (χ0n) is 11.8. The molecule has 1 aromatic heterocycles. The largest absolute Gasteiger partial charge is 0.476 e. The van der Waals surface area contributed by atoms with Crippen LogP contribution in [-0.4, -0.2) is 41.3 Å². The summed E-state index contributed by atoms with van der Waals surface area (Å²) in [5.74, 6) is -1.38. The van der Waals surface area contributed by atoms with E-state index in [9.17, 15) is 9.59 Å². The first kappa shape index (κ1) is 15.6. The Morgan fingerprint density at radius 2 is 2.05 bits per heavy atom. The fourth-order valence-electron chi connectivity index (χ4n) is 1.43. The maximum absolute atomic E-state index is 11.4. The van der Waals surface area contributed by atoms with Crippen LogP contribution in [0.1, 0.15) is 27.9 Å². The van der Waals surface area contributed by atoms with Crippen LogP contribution in [0.4, 0.5) is 0 Å². The average molecular weight is 284 g/mol. The van der Waals surface area contributed by atoms with Gasteiger partial charge in [-0.1, -0.05) is 19.6 Å². The lowest BCUT2D eigenvalue weighted by molar-refractivity contribution is 0.0662. The highest BCUT2D eigenvalue weighted by atomic mass is 28.3. The highest BCUT2D eigenvalue weighted by Crippen LogP contribution is 2.09. The Bertz CT molecular complexity index is 477. The van der Waals surface area contributed by atoms with Crippen LogP contribution in [0.15, 0.2) is 6.07 Å². The molecule has 0 aromatic carbocycles. The summed E-state index contributed by atoms with van der Waals surface area (Å²) < 4.78 is 6.77. The Hall–Kier alpha value is -1.47. The van der Waals surface area contributed by atoms with E-state index in [2.05, 4.69) is 24.7 Å². The minimum absolute atomic E-state index is 0.104. The molecule has 0 saturated heterocycles. The van der Waals surface area contributed by atoms with Gasteiger partial charge in [-0.2, -0.15) is 5.10 Å². The standard InChI is InChI=1S/C12H20N2O4Si/c1-9(15)11-7-10(12(16)17)13-14(11)8-18-5-6-19(2,3)4/h7H,5-6,8H2,1-4H3,(H,16,17). The third-order valence-electron chi connectivity index (χ3n) is 2.57. The first-order chi connectivity index (χ1) is 8.70. The summed E-state index contributed by atoms with van der Waals surface area (Å²) in [4.78, 5) is 22.2. The molecule has 0 fully saturated rings. The van der Waals surface area contributed by atoms with Crippen LogP contribution < -0.4 is 0 Å². The Labute approximate surface area is 113 Å². The number of ketones is 1. The number of nitrogens with zero attached hydrogens (tertiary/aromatic N) is 2. The molecular weight excluding hydrogens is 264 g/mol. The van der Waals surface area contributed by atoms with E-state index in [4.69, 9.17) is 9.84 Å². The molecule has 0 aliphatic carbocycles. The summed E-state index contributed by atoms with van der Waals surface area (Å²) in [5, 5.41) is 12.7. The van der Waals surface area contributed by atoms with Crippen LogP contribution in [0.25, 0.3) is 0 Å². The molecule has 0 radical (unpaired) electrons. The van der Waals surface area contributed by atoms with Crippen LogP contribution in [0, 0.1) is 0 Å². The quantitative estimate of drug-likeness (QED) is 0.471. The van der Waals surface area contributed by atoms with Crippen LogP contribution in [0.3, 0.4) is 0 Å². The summed E-state index contributed by atoms with van der Waals surface area (Å²) >= 11 is 0. The number of aromatic carboxylic acids is 1. The number of carbonyl (C=O) groups excluding carboxylic acids is 1. The SMILES string of the molecule is CC(=O)c1cc(C(=O)O)nn1COCC[Si](C)(C)C. The monoisotopic (exact) mass is 284 g/mol. The Morgan fingerprint density at radius 3 is 2.53 bits per heavy atom. The highest BCUT2D eigenvalue weighted by molar-refractivity contribution is 6.76. The number of rotatable bonds is 7. The summed E-state index contributed by atoms with van der Waals surface area (Å²) in [7, 11) is -1.16. The van der Waals surface area contributed by atoms with Gasteiger partial charge in [-0.25, -0.2) is 9.48 Å². The molecule has 0 unspecified atom stereocenters. The predicted octanol–water partition coefficient (Wildman–Crippen LogP) is 2.10. The maximum Gasteiger partial charge on any atom is 0.356 e. The molecule has 0 saturated carbocycles. The van der Waals surface area contributed by atoms with Gasteiger partial charge in [0.2, 0.25) is 0 Å². The van der Waals surface area contributed by atoms with Gasteiger partial charge in [0, 0.05) is 27.7 Å². The third-order valence-corrected chi connectivity index (χ3v) is 4.27. The number of hydrogen-bond donors (Lipinski definition) is 1. The molecule has 0 atom stereocenters. The molecule has 0 aliphatic heterocycles. The van der Waals surface area contributed by atoms with E-state index >= 15 is 0 Å². The first-order valence-corrected chi connectivity index (χ1v) is 9.81. The van der Waals surface area contributed by atoms with Gasteiger partial charge in [0.25, 0.3) is 0 Å². The van der Waals surface area contributed by atoms with E-state index in [0.717, 1.165) is 6.04 Å². The minimum Gasteiger partial charge on any atom is -0.476 e. The lowest BCUT2D eigenvalue weighted by Crippen LogP contribution is -2.22. The van der Waals surface area contributed by atoms with Crippen molar-refractivity contribution in [1.29, 1.82) is 0 Å². The van der Waals surface area contributed by atoms with Gasteiger partial charge in [-0.3, -0.25) is 4.79 Å². The fraction of sp³-hybridized carbons (Fsp3) is 0.583. The first-order valence-electron chi connectivity index (χ1n) is 6.10. The molecule has 6 nitrogen and oxygen atoms in total. The second-order valence-electron chi connectivity index (χ2n) is 5.62. The van der Waals surface area contributed by atoms with Crippen molar-refractivity contribution in [1.82, 2.24) is 9.78 Å². The lowest BCUT2D eigenvalue weighted by atomic mass is 10.3. The summed E-state index contributed by atoms with van der Waals surface area (Å²) in [6, 6.07) is 2.28. The van der Waals surface area contributed by atoms with Crippen LogP contribution in [0.5, 0.6) is 0 Å². The number of carboxylic acid groups (broad SMARTS) is 1. The Kier molecular flexibility index (Phi) is 5.02. The normalized spacial score (nSPS) is 11.6. The molecule has 0 amide bonds. The maximum atomic E-state index is 11.4. The van der Waals surface area contributed by atoms with Gasteiger partial charge in [-0.05, 0) is 6.04 Å².